The lowest BCUT2D eigenvalue weighted by molar-refractivity contribution is -0.140. The summed E-state index contributed by atoms with van der Waals surface area (Å²) in [6.45, 7) is 4.46. The molecule has 1 saturated heterocycles. The summed E-state index contributed by atoms with van der Waals surface area (Å²) in [6, 6.07) is 1.64. The van der Waals surface area contributed by atoms with Gasteiger partial charge in [-0.15, -0.1) is 0 Å². The van der Waals surface area contributed by atoms with Gasteiger partial charge in [0.2, 0.25) is 5.95 Å². The van der Waals surface area contributed by atoms with Crippen LogP contribution in [0.3, 0.4) is 0 Å². The van der Waals surface area contributed by atoms with Crippen molar-refractivity contribution in [3.8, 4) is 0 Å². The van der Waals surface area contributed by atoms with E-state index >= 15 is 0 Å². The topological polar surface area (TPSA) is 102 Å². The molecule has 2 fully saturated rings. The Morgan fingerprint density at radius 3 is 2.94 bits per heavy atom. The average Bonchev–Trinajstić information content (AvgIpc) is 2.96. The zero-order valence-corrected chi connectivity index (χ0v) is 17.8. The Kier molecular flexibility index (Phi) is 5.81. The van der Waals surface area contributed by atoms with Crippen molar-refractivity contribution in [2.45, 2.75) is 63.8 Å². The van der Waals surface area contributed by atoms with Crippen LogP contribution in [0.5, 0.6) is 0 Å². The predicted molar refractivity (Wildman–Crippen MR) is 113 cm³/mol. The maximum atomic E-state index is 14.7. The molecule has 2 atom stereocenters. The summed E-state index contributed by atoms with van der Waals surface area (Å²) in [4.78, 5) is 23.5. The van der Waals surface area contributed by atoms with Gasteiger partial charge >= 0.3 is 0 Å². The Labute approximate surface area is 180 Å². The van der Waals surface area contributed by atoms with Crippen molar-refractivity contribution in [3.05, 3.63) is 29.3 Å². The smallest absolute Gasteiger partial charge is 0.253 e. The Morgan fingerprint density at radius 1 is 1.35 bits per heavy atom. The molecule has 168 valence electrons. The number of aliphatic hydroxyl groups excluding tert-OH is 1. The average molecular weight is 434 g/mol. The quantitative estimate of drug-likeness (QED) is 0.632. The van der Waals surface area contributed by atoms with Crippen molar-refractivity contribution in [1.29, 1.82) is 5.41 Å². The Morgan fingerprint density at radius 2 is 2.16 bits per heavy atom. The number of anilines is 1. The van der Waals surface area contributed by atoms with Crippen molar-refractivity contribution >= 4 is 17.4 Å². The summed E-state index contributed by atoms with van der Waals surface area (Å²) in [5.41, 5.74) is -1.85. The lowest BCUT2D eigenvalue weighted by Gasteiger charge is -2.42. The number of nitrogens with one attached hydrogen (secondary N) is 2. The van der Waals surface area contributed by atoms with Gasteiger partial charge in [-0.05, 0) is 38.8 Å². The third kappa shape index (κ3) is 4.07. The molecule has 0 amide bonds. The first-order valence-corrected chi connectivity index (χ1v) is 11.0. The first-order chi connectivity index (χ1) is 14.7. The number of halogens is 2. The minimum Gasteiger partial charge on any atom is -0.511 e. The Bertz CT molecular complexity index is 919. The molecule has 1 saturated carbocycles. The molecule has 31 heavy (non-hydrogen) atoms. The summed E-state index contributed by atoms with van der Waals surface area (Å²) >= 11 is 0. The molecule has 4 rings (SSSR count). The molecule has 0 aromatic carbocycles. The second-order valence-electron chi connectivity index (χ2n) is 8.97. The Balaban J connectivity index is 1.70. The van der Waals surface area contributed by atoms with Gasteiger partial charge in [0.1, 0.15) is 11.5 Å². The summed E-state index contributed by atoms with van der Waals surface area (Å²) in [6.07, 6.45) is 2.59. The Hall–Kier alpha value is -2.42. The largest absolute Gasteiger partial charge is 0.511 e. The van der Waals surface area contributed by atoms with Crippen LogP contribution in [0.15, 0.2) is 23.6 Å². The number of alkyl halides is 2. The van der Waals surface area contributed by atoms with Crippen molar-refractivity contribution < 1.29 is 18.7 Å². The van der Waals surface area contributed by atoms with Crippen LogP contribution in [-0.4, -0.2) is 58.2 Å². The summed E-state index contributed by atoms with van der Waals surface area (Å²) in [7, 11) is 0. The van der Waals surface area contributed by atoms with E-state index in [1.165, 1.54) is 12.3 Å². The number of allylic oxidation sites excluding steroid dienone is 2. The predicted octanol–water partition coefficient (Wildman–Crippen LogP) is 3.40. The van der Waals surface area contributed by atoms with Crippen LogP contribution in [-0.2, 0) is 4.79 Å². The molecule has 2 aliphatic carbocycles. The van der Waals surface area contributed by atoms with Gasteiger partial charge in [-0.1, -0.05) is 6.42 Å². The number of aliphatic hydroxyl groups is 1. The van der Waals surface area contributed by atoms with Crippen LogP contribution in [0.1, 0.15) is 57.6 Å². The normalized spacial score (nSPS) is 29.2. The van der Waals surface area contributed by atoms with E-state index in [1.807, 2.05) is 11.8 Å². The van der Waals surface area contributed by atoms with Crippen LogP contribution in [0.2, 0.25) is 0 Å². The van der Waals surface area contributed by atoms with E-state index in [-0.39, 0.29) is 47.4 Å². The molecule has 1 unspecified atom stereocenters. The summed E-state index contributed by atoms with van der Waals surface area (Å²) < 4.78 is 29.5. The number of ketones is 1. The molecular formula is C22H29F2N5O2. The van der Waals surface area contributed by atoms with E-state index in [2.05, 4.69) is 15.3 Å². The molecule has 1 aromatic rings. The van der Waals surface area contributed by atoms with Gasteiger partial charge in [-0.25, -0.2) is 18.7 Å². The number of nitrogens with zero attached hydrogens (tertiary/aromatic N) is 3. The van der Waals surface area contributed by atoms with Gasteiger partial charge in [0.25, 0.3) is 5.92 Å². The standard InChI is InChI=1S/C22H29F2N5O2/c1-14-12-26-8-4-10-29(14)20-27-9-6-16(28-20)18(25)15-11-22(23,24)13-21(19(15)31)7-3-2-5-17(21)30/h6,9,14,25-26,31H,2-5,7-8,10-13H2,1H3/t14-,21?/m0/s1. The number of carbonyl (C=O) groups is 1. The van der Waals surface area contributed by atoms with Crippen molar-refractivity contribution in [2.75, 3.05) is 24.5 Å². The van der Waals surface area contributed by atoms with E-state index in [4.69, 9.17) is 5.41 Å². The van der Waals surface area contributed by atoms with Gasteiger partial charge in [0.05, 0.1) is 16.8 Å². The van der Waals surface area contributed by atoms with Crippen LogP contribution in [0, 0.1) is 10.8 Å². The second kappa shape index (κ2) is 8.26. The van der Waals surface area contributed by atoms with Gasteiger partial charge < -0.3 is 15.3 Å². The first kappa shape index (κ1) is 21.8. The molecule has 1 aromatic heterocycles. The molecule has 3 N–H and O–H groups in total. The number of aromatic nitrogens is 2. The van der Waals surface area contributed by atoms with Gasteiger partial charge in [-0.2, -0.15) is 0 Å². The maximum absolute atomic E-state index is 14.7. The fourth-order valence-electron chi connectivity index (χ4n) is 5.05. The zero-order valence-electron chi connectivity index (χ0n) is 17.8. The van der Waals surface area contributed by atoms with E-state index < -0.39 is 24.2 Å². The van der Waals surface area contributed by atoms with E-state index in [1.54, 1.807) is 0 Å². The van der Waals surface area contributed by atoms with Crippen molar-refractivity contribution in [3.63, 3.8) is 0 Å². The van der Waals surface area contributed by atoms with E-state index in [9.17, 15) is 18.7 Å². The molecule has 7 nitrogen and oxygen atoms in total. The SMILES string of the molecule is C[C@H]1CNCCCN1c1nccc(C(=N)C2=C(O)C3(CCCCC3=O)CC(F)(F)C2)n1. The fraction of sp³-hybridized carbons (Fsp3) is 0.636. The highest BCUT2D eigenvalue weighted by atomic mass is 19.3. The highest BCUT2D eigenvalue weighted by molar-refractivity contribution is 6.10. The molecule has 1 spiro atoms. The number of hydrogen-bond acceptors (Lipinski definition) is 7. The highest BCUT2D eigenvalue weighted by Gasteiger charge is 2.55. The molecule has 0 bridgehead atoms. The minimum atomic E-state index is -3.16. The van der Waals surface area contributed by atoms with Crippen LogP contribution in [0.25, 0.3) is 0 Å². The third-order valence-corrected chi connectivity index (χ3v) is 6.71. The third-order valence-electron chi connectivity index (χ3n) is 6.71. The maximum Gasteiger partial charge on any atom is 0.253 e. The van der Waals surface area contributed by atoms with Crippen molar-refractivity contribution in [2.24, 2.45) is 5.41 Å². The number of hydrogen-bond donors (Lipinski definition) is 3. The van der Waals surface area contributed by atoms with Gasteiger partial charge in [-0.3, -0.25) is 10.2 Å². The molecular weight excluding hydrogens is 404 g/mol. The zero-order chi connectivity index (χ0) is 22.2. The highest BCUT2D eigenvalue weighted by Crippen LogP contribution is 2.53. The fourth-order valence-corrected chi connectivity index (χ4v) is 5.05. The lowest BCUT2D eigenvalue weighted by atomic mass is 9.63. The minimum absolute atomic E-state index is 0.140. The lowest BCUT2D eigenvalue weighted by Crippen LogP contribution is -2.46. The monoisotopic (exact) mass is 433 g/mol. The van der Waals surface area contributed by atoms with Crippen LogP contribution < -0.4 is 10.2 Å². The number of carbonyl (C=O) groups excluding carboxylic acids is 1. The number of rotatable bonds is 3. The molecule has 3 aliphatic rings. The van der Waals surface area contributed by atoms with E-state index in [0.717, 1.165) is 26.1 Å². The molecule has 0 radical (unpaired) electrons. The summed E-state index contributed by atoms with van der Waals surface area (Å²) in [5.74, 6) is -3.44. The van der Waals surface area contributed by atoms with Gasteiger partial charge in [0.15, 0.2) is 0 Å². The van der Waals surface area contributed by atoms with Crippen molar-refractivity contribution in [1.82, 2.24) is 15.3 Å². The summed E-state index contributed by atoms with van der Waals surface area (Å²) in [5, 5.41) is 23.0. The van der Waals surface area contributed by atoms with Crippen LogP contribution in [0.4, 0.5) is 14.7 Å². The number of Topliss-reactive ketones (excluding diaryl/α,β-unsaturated/α-hetero) is 1. The molecule has 1 aliphatic heterocycles. The van der Waals surface area contributed by atoms with Gasteiger partial charge in [0, 0.05) is 50.2 Å². The van der Waals surface area contributed by atoms with E-state index in [0.29, 0.717) is 18.8 Å². The van der Waals surface area contributed by atoms with Crippen LogP contribution >= 0.6 is 0 Å². The molecule has 2 heterocycles. The first-order valence-electron chi connectivity index (χ1n) is 11.0. The second-order valence-corrected chi connectivity index (χ2v) is 8.97. The molecule has 9 heteroatoms.